The molecule has 0 spiro atoms. The van der Waals surface area contributed by atoms with Gasteiger partial charge in [-0.25, -0.2) is 0 Å². The third kappa shape index (κ3) is 4.71. The van der Waals surface area contributed by atoms with Crippen molar-refractivity contribution in [3.8, 4) is 0 Å². The number of hydrogen-bond acceptors (Lipinski definition) is 3. The molecule has 0 aromatic heterocycles. The highest BCUT2D eigenvalue weighted by molar-refractivity contribution is 6.30. The van der Waals surface area contributed by atoms with Gasteiger partial charge in [0.1, 0.15) is 0 Å². The molecule has 3 rings (SSSR count). The molecule has 2 atom stereocenters. The molecular weight excluding hydrogens is 322 g/mol. The summed E-state index contributed by atoms with van der Waals surface area (Å²) in [5.74, 6) is 0.975. The van der Waals surface area contributed by atoms with Gasteiger partial charge in [0.15, 0.2) is 0 Å². The van der Waals surface area contributed by atoms with Gasteiger partial charge in [0.25, 0.3) is 0 Å². The monoisotopic (exact) mass is 349 g/mol. The van der Waals surface area contributed by atoms with Crippen molar-refractivity contribution in [3.05, 3.63) is 34.9 Å². The molecule has 5 heteroatoms. The van der Waals surface area contributed by atoms with Crippen LogP contribution in [0.15, 0.2) is 24.3 Å². The van der Waals surface area contributed by atoms with E-state index in [9.17, 15) is 4.79 Å². The Labute approximate surface area is 150 Å². The number of carbonyl (C=O) groups is 1. The first kappa shape index (κ1) is 17.7. The summed E-state index contributed by atoms with van der Waals surface area (Å²) in [5, 5.41) is 4.19. The minimum absolute atomic E-state index is 0.212. The van der Waals surface area contributed by atoms with Gasteiger partial charge >= 0.3 is 0 Å². The molecule has 2 heterocycles. The Balaban J connectivity index is 1.50. The van der Waals surface area contributed by atoms with Gasteiger partial charge in [0.05, 0.1) is 6.42 Å². The normalized spacial score (nSPS) is 25.7. The molecule has 1 aromatic rings. The average molecular weight is 350 g/mol. The Morgan fingerprint density at radius 3 is 2.96 bits per heavy atom. The summed E-state index contributed by atoms with van der Waals surface area (Å²) in [4.78, 5) is 17.2. The van der Waals surface area contributed by atoms with E-state index in [1.165, 1.54) is 19.4 Å². The van der Waals surface area contributed by atoms with E-state index in [4.69, 9.17) is 11.6 Å². The van der Waals surface area contributed by atoms with E-state index in [0.29, 0.717) is 11.4 Å². The summed E-state index contributed by atoms with van der Waals surface area (Å²) < 4.78 is 0. The van der Waals surface area contributed by atoms with Gasteiger partial charge in [-0.05, 0) is 56.5 Å². The van der Waals surface area contributed by atoms with Gasteiger partial charge in [-0.3, -0.25) is 9.69 Å². The first-order valence-corrected chi connectivity index (χ1v) is 9.46. The lowest BCUT2D eigenvalue weighted by Gasteiger charge is -2.41. The maximum atomic E-state index is 12.6. The molecule has 0 saturated carbocycles. The summed E-state index contributed by atoms with van der Waals surface area (Å²) in [6, 6.07) is 7.89. The summed E-state index contributed by atoms with van der Waals surface area (Å²) >= 11 is 6.02. The molecule has 2 aliphatic rings. The molecular formula is C19H28ClN3O. The molecule has 1 amide bonds. The number of piperidine rings is 1. The quantitative estimate of drug-likeness (QED) is 0.906. The van der Waals surface area contributed by atoms with Crippen LogP contribution in [0.3, 0.4) is 0 Å². The highest BCUT2D eigenvalue weighted by Crippen LogP contribution is 2.18. The number of hydrogen-bond donors (Lipinski definition) is 1. The number of carbonyl (C=O) groups excluding carboxylic acids is 1. The van der Waals surface area contributed by atoms with E-state index in [2.05, 4.69) is 17.1 Å². The number of halogens is 1. The summed E-state index contributed by atoms with van der Waals surface area (Å²) in [6.07, 6.45) is 3.06. The third-order valence-corrected chi connectivity index (χ3v) is 5.43. The van der Waals surface area contributed by atoms with E-state index < -0.39 is 0 Å². The zero-order chi connectivity index (χ0) is 16.9. The van der Waals surface area contributed by atoms with Crippen molar-refractivity contribution < 1.29 is 4.79 Å². The van der Waals surface area contributed by atoms with E-state index in [-0.39, 0.29) is 11.9 Å². The number of piperazine rings is 1. The van der Waals surface area contributed by atoms with Crippen molar-refractivity contribution in [1.82, 2.24) is 15.1 Å². The Bertz CT molecular complexity index is 559. The third-order valence-electron chi connectivity index (χ3n) is 5.19. The minimum atomic E-state index is 0.212. The molecule has 24 heavy (non-hydrogen) atoms. The van der Waals surface area contributed by atoms with Gasteiger partial charge in [-0.1, -0.05) is 23.7 Å². The number of rotatable bonds is 4. The van der Waals surface area contributed by atoms with Crippen LogP contribution in [0.1, 0.15) is 25.3 Å². The predicted octanol–water partition coefficient (Wildman–Crippen LogP) is 2.41. The van der Waals surface area contributed by atoms with Crippen molar-refractivity contribution in [2.24, 2.45) is 5.92 Å². The molecule has 1 aromatic carbocycles. The van der Waals surface area contributed by atoms with Crippen LogP contribution in [0, 0.1) is 5.92 Å². The highest BCUT2D eigenvalue weighted by Gasteiger charge is 2.28. The van der Waals surface area contributed by atoms with Gasteiger partial charge in [-0.2, -0.15) is 0 Å². The van der Waals surface area contributed by atoms with Crippen LogP contribution in [-0.2, 0) is 11.2 Å². The first-order chi connectivity index (χ1) is 11.6. The lowest BCUT2D eigenvalue weighted by Crippen LogP contribution is -2.55. The van der Waals surface area contributed by atoms with Crippen LogP contribution in [0.4, 0.5) is 0 Å². The van der Waals surface area contributed by atoms with Crippen molar-refractivity contribution in [3.63, 3.8) is 0 Å². The SMILES string of the molecule is CC1CN(CC2CCCNC2)CCN1C(=O)Cc1cccc(Cl)c1. The molecule has 2 aliphatic heterocycles. The highest BCUT2D eigenvalue weighted by atomic mass is 35.5. The Morgan fingerprint density at radius 2 is 2.25 bits per heavy atom. The van der Waals surface area contributed by atoms with E-state index in [1.54, 1.807) is 0 Å². The second kappa shape index (κ2) is 8.32. The van der Waals surface area contributed by atoms with Crippen LogP contribution in [0.2, 0.25) is 5.02 Å². The Kier molecular flexibility index (Phi) is 6.14. The predicted molar refractivity (Wildman–Crippen MR) is 98.4 cm³/mol. The topological polar surface area (TPSA) is 35.6 Å². The minimum Gasteiger partial charge on any atom is -0.337 e. The number of benzene rings is 1. The van der Waals surface area contributed by atoms with Crippen LogP contribution in [-0.4, -0.2) is 61.0 Å². The Morgan fingerprint density at radius 1 is 1.38 bits per heavy atom. The zero-order valence-electron chi connectivity index (χ0n) is 14.5. The molecule has 0 bridgehead atoms. The fraction of sp³-hybridized carbons (Fsp3) is 0.632. The van der Waals surface area contributed by atoms with Gasteiger partial charge < -0.3 is 10.2 Å². The molecule has 2 fully saturated rings. The lowest BCUT2D eigenvalue weighted by atomic mass is 9.98. The summed E-state index contributed by atoms with van der Waals surface area (Å²) in [7, 11) is 0. The Hall–Kier alpha value is -1.10. The number of nitrogens with one attached hydrogen (secondary N) is 1. The van der Waals surface area contributed by atoms with E-state index in [0.717, 1.165) is 44.2 Å². The molecule has 0 aliphatic carbocycles. The average Bonchev–Trinajstić information content (AvgIpc) is 2.56. The largest absolute Gasteiger partial charge is 0.337 e. The molecule has 2 unspecified atom stereocenters. The zero-order valence-corrected chi connectivity index (χ0v) is 15.3. The first-order valence-electron chi connectivity index (χ1n) is 9.09. The lowest BCUT2D eigenvalue weighted by molar-refractivity contribution is -0.135. The van der Waals surface area contributed by atoms with Crippen LogP contribution >= 0.6 is 11.6 Å². The van der Waals surface area contributed by atoms with Crippen molar-refractivity contribution in [1.29, 1.82) is 0 Å². The standard InChI is InChI=1S/C19H28ClN3O/c1-15-13-22(14-17-5-3-7-21-12-17)8-9-23(15)19(24)11-16-4-2-6-18(20)10-16/h2,4,6,10,15,17,21H,3,5,7-9,11-14H2,1H3. The van der Waals surface area contributed by atoms with Gasteiger partial charge in [0, 0.05) is 37.2 Å². The summed E-state index contributed by atoms with van der Waals surface area (Å²) in [5.41, 5.74) is 0.996. The second-order valence-electron chi connectivity index (χ2n) is 7.21. The van der Waals surface area contributed by atoms with E-state index in [1.807, 2.05) is 29.2 Å². The van der Waals surface area contributed by atoms with Crippen LogP contribution < -0.4 is 5.32 Å². The molecule has 0 radical (unpaired) electrons. The second-order valence-corrected chi connectivity index (χ2v) is 7.65. The number of amides is 1. The molecule has 2 saturated heterocycles. The fourth-order valence-electron chi connectivity index (χ4n) is 3.94. The fourth-order valence-corrected chi connectivity index (χ4v) is 4.15. The van der Waals surface area contributed by atoms with Crippen LogP contribution in [0.5, 0.6) is 0 Å². The van der Waals surface area contributed by atoms with Crippen molar-refractivity contribution >= 4 is 17.5 Å². The van der Waals surface area contributed by atoms with E-state index >= 15 is 0 Å². The van der Waals surface area contributed by atoms with Crippen molar-refractivity contribution in [2.45, 2.75) is 32.2 Å². The van der Waals surface area contributed by atoms with Gasteiger partial charge in [-0.15, -0.1) is 0 Å². The molecule has 1 N–H and O–H groups in total. The smallest absolute Gasteiger partial charge is 0.227 e. The maximum absolute atomic E-state index is 12.6. The maximum Gasteiger partial charge on any atom is 0.227 e. The van der Waals surface area contributed by atoms with Crippen molar-refractivity contribution in [2.75, 3.05) is 39.3 Å². The van der Waals surface area contributed by atoms with Crippen LogP contribution in [0.25, 0.3) is 0 Å². The molecule has 4 nitrogen and oxygen atoms in total. The number of nitrogens with zero attached hydrogens (tertiary/aromatic N) is 2. The summed E-state index contributed by atoms with van der Waals surface area (Å²) in [6.45, 7) is 8.44. The van der Waals surface area contributed by atoms with Gasteiger partial charge in [0.2, 0.25) is 5.91 Å². The molecule has 132 valence electrons.